The molecule has 1 aromatic rings. The van der Waals surface area contributed by atoms with Crippen molar-refractivity contribution in [3.8, 4) is 0 Å². The predicted molar refractivity (Wildman–Crippen MR) is 82.5 cm³/mol. The number of thioether (sulfide) groups is 1. The lowest BCUT2D eigenvalue weighted by molar-refractivity contribution is -0.123. The second kappa shape index (κ2) is 6.96. The lowest BCUT2D eigenvalue weighted by Gasteiger charge is -2.23. The second-order valence-corrected chi connectivity index (χ2v) is 6.70. The summed E-state index contributed by atoms with van der Waals surface area (Å²) >= 11 is 1.74. The standard InChI is InChI=1S/C15H24N2OS/c1-15(2,3)16-14(18)11-17(4)10-12-6-8-13(19-5)9-7-12/h6-9H,10-11H2,1-5H3,(H,16,18). The molecular weight excluding hydrogens is 256 g/mol. The molecule has 0 radical (unpaired) electrons. The number of carbonyl (C=O) groups excluding carboxylic acids is 1. The van der Waals surface area contributed by atoms with Crippen LogP contribution in [0.3, 0.4) is 0 Å². The second-order valence-electron chi connectivity index (χ2n) is 5.82. The Kier molecular flexibility index (Phi) is 5.88. The summed E-state index contributed by atoms with van der Waals surface area (Å²) in [4.78, 5) is 15.1. The lowest BCUT2D eigenvalue weighted by atomic mass is 10.1. The van der Waals surface area contributed by atoms with Crippen LogP contribution < -0.4 is 5.32 Å². The van der Waals surface area contributed by atoms with Crippen LogP contribution in [0.2, 0.25) is 0 Å². The van der Waals surface area contributed by atoms with Gasteiger partial charge in [0.2, 0.25) is 5.91 Å². The molecule has 0 fully saturated rings. The van der Waals surface area contributed by atoms with Gasteiger partial charge in [0.25, 0.3) is 0 Å². The molecule has 0 heterocycles. The van der Waals surface area contributed by atoms with Crippen molar-refractivity contribution in [3.63, 3.8) is 0 Å². The maximum Gasteiger partial charge on any atom is 0.234 e. The fourth-order valence-electron chi connectivity index (χ4n) is 1.80. The van der Waals surface area contributed by atoms with Crippen LogP contribution in [-0.2, 0) is 11.3 Å². The van der Waals surface area contributed by atoms with Gasteiger partial charge in [0.1, 0.15) is 0 Å². The molecule has 0 bridgehead atoms. The fourth-order valence-corrected chi connectivity index (χ4v) is 2.21. The molecule has 4 heteroatoms. The topological polar surface area (TPSA) is 32.3 Å². The molecule has 1 aromatic carbocycles. The quantitative estimate of drug-likeness (QED) is 0.842. The Morgan fingerprint density at radius 2 is 1.84 bits per heavy atom. The molecule has 19 heavy (non-hydrogen) atoms. The normalized spacial score (nSPS) is 11.7. The predicted octanol–water partition coefficient (Wildman–Crippen LogP) is 2.76. The largest absolute Gasteiger partial charge is 0.350 e. The van der Waals surface area contributed by atoms with Crippen molar-refractivity contribution < 1.29 is 4.79 Å². The lowest BCUT2D eigenvalue weighted by Crippen LogP contribution is -2.45. The van der Waals surface area contributed by atoms with Gasteiger partial charge in [-0.3, -0.25) is 9.69 Å². The monoisotopic (exact) mass is 280 g/mol. The third-order valence-electron chi connectivity index (χ3n) is 2.54. The minimum absolute atomic E-state index is 0.0655. The number of rotatable bonds is 5. The van der Waals surface area contributed by atoms with Crippen LogP contribution in [0.1, 0.15) is 26.3 Å². The summed E-state index contributed by atoms with van der Waals surface area (Å²) in [6.45, 7) is 7.18. The van der Waals surface area contributed by atoms with Gasteiger partial charge in [0, 0.05) is 17.0 Å². The zero-order chi connectivity index (χ0) is 14.5. The molecule has 1 rings (SSSR count). The van der Waals surface area contributed by atoms with Crippen LogP contribution in [0, 0.1) is 0 Å². The van der Waals surface area contributed by atoms with Gasteiger partial charge in [-0.15, -0.1) is 11.8 Å². The highest BCUT2D eigenvalue weighted by Gasteiger charge is 2.15. The van der Waals surface area contributed by atoms with Crippen molar-refractivity contribution in [2.45, 2.75) is 37.8 Å². The number of likely N-dealkylation sites (N-methyl/N-ethyl adjacent to an activating group) is 1. The summed E-state index contributed by atoms with van der Waals surface area (Å²) in [6, 6.07) is 8.46. The van der Waals surface area contributed by atoms with E-state index in [9.17, 15) is 4.79 Å². The summed E-state index contributed by atoms with van der Waals surface area (Å²) in [5.41, 5.74) is 1.06. The molecular formula is C15H24N2OS. The van der Waals surface area contributed by atoms with E-state index in [-0.39, 0.29) is 11.4 Å². The number of hydrogen-bond donors (Lipinski definition) is 1. The van der Waals surface area contributed by atoms with Crippen molar-refractivity contribution in [2.24, 2.45) is 0 Å². The molecule has 0 aliphatic heterocycles. The third-order valence-corrected chi connectivity index (χ3v) is 3.28. The SMILES string of the molecule is CSc1ccc(CN(C)CC(=O)NC(C)(C)C)cc1. The van der Waals surface area contributed by atoms with Crippen molar-refractivity contribution in [1.29, 1.82) is 0 Å². The van der Waals surface area contributed by atoms with E-state index in [4.69, 9.17) is 0 Å². The number of nitrogens with zero attached hydrogens (tertiary/aromatic N) is 1. The van der Waals surface area contributed by atoms with E-state index < -0.39 is 0 Å². The van der Waals surface area contributed by atoms with Gasteiger partial charge in [-0.25, -0.2) is 0 Å². The van der Waals surface area contributed by atoms with Gasteiger partial charge < -0.3 is 5.32 Å². The zero-order valence-electron chi connectivity index (χ0n) is 12.5. The zero-order valence-corrected chi connectivity index (χ0v) is 13.3. The number of nitrogens with one attached hydrogen (secondary N) is 1. The molecule has 0 unspecified atom stereocenters. The molecule has 1 N–H and O–H groups in total. The van der Waals surface area contributed by atoms with E-state index in [1.807, 2.05) is 32.7 Å². The van der Waals surface area contributed by atoms with Crippen LogP contribution >= 0.6 is 11.8 Å². The Balaban J connectivity index is 2.46. The Morgan fingerprint density at radius 3 is 2.32 bits per heavy atom. The van der Waals surface area contributed by atoms with Gasteiger partial charge in [-0.2, -0.15) is 0 Å². The van der Waals surface area contributed by atoms with Crippen molar-refractivity contribution in [1.82, 2.24) is 10.2 Å². The highest BCUT2D eigenvalue weighted by atomic mass is 32.2. The number of amides is 1. The minimum atomic E-state index is -0.169. The van der Waals surface area contributed by atoms with Crippen molar-refractivity contribution >= 4 is 17.7 Å². The molecule has 0 spiro atoms. The van der Waals surface area contributed by atoms with Gasteiger partial charge in [0.05, 0.1) is 6.54 Å². The van der Waals surface area contributed by atoms with Crippen LogP contribution in [0.5, 0.6) is 0 Å². The summed E-state index contributed by atoms with van der Waals surface area (Å²) < 4.78 is 0. The minimum Gasteiger partial charge on any atom is -0.350 e. The van der Waals surface area contributed by atoms with E-state index in [0.717, 1.165) is 6.54 Å². The van der Waals surface area contributed by atoms with E-state index in [1.165, 1.54) is 10.5 Å². The Hall–Kier alpha value is -1.00. The summed E-state index contributed by atoms with van der Waals surface area (Å²) in [7, 11) is 1.96. The number of benzene rings is 1. The first-order valence-corrected chi connectivity index (χ1v) is 7.65. The van der Waals surface area contributed by atoms with Crippen LogP contribution in [0.25, 0.3) is 0 Å². The van der Waals surface area contributed by atoms with E-state index in [0.29, 0.717) is 6.54 Å². The van der Waals surface area contributed by atoms with Crippen LogP contribution in [0.4, 0.5) is 0 Å². The molecule has 0 aromatic heterocycles. The van der Waals surface area contributed by atoms with Crippen molar-refractivity contribution in [3.05, 3.63) is 29.8 Å². The summed E-state index contributed by atoms with van der Waals surface area (Å²) in [6.07, 6.45) is 2.07. The Bertz CT molecular complexity index is 409. The molecule has 0 aliphatic rings. The molecule has 106 valence electrons. The summed E-state index contributed by atoms with van der Waals surface area (Å²) in [5, 5.41) is 2.97. The third kappa shape index (κ3) is 6.64. The van der Waals surface area contributed by atoms with Gasteiger partial charge in [-0.1, -0.05) is 12.1 Å². The average Bonchev–Trinajstić information content (AvgIpc) is 2.27. The van der Waals surface area contributed by atoms with E-state index >= 15 is 0 Å². The Labute approximate surface area is 120 Å². The molecule has 0 saturated carbocycles. The number of hydrogen-bond acceptors (Lipinski definition) is 3. The maximum atomic E-state index is 11.8. The van der Waals surface area contributed by atoms with Crippen LogP contribution in [0.15, 0.2) is 29.2 Å². The van der Waals surface area contributed by atoms with Gasteiger partial charge in [-0.05, 0) is 51.8 Å². The van der Waals surface area contributed by atoms with E-state index in [1.54, 1.807) is 11.8 Å². The molecule has 0 aliphatic carbocycles. The molecule has 3 nitrogen and oxygen atoms in total. The first-order chi connectivity index (χ1) is 8.80. The van der Waals surface area contributed by atoms with Gasteiger partial charge >= 0.3 is 0 Å². The molecule has 0 saturated heterocycles. The Morgan fingerprint density at radius 1 is 1.26 bits per heavy atom. The van der Waals surface area contributed by atoms with Crippen LogP contribution in [-0.4, -0.2) is 36.2 Å². The first kappa shape index (κ1) is 16.1. The molecule has 1 amide bonds. The highest BCUT2D eigenvalue weighted by Crippen LogP contribution is 2.15. The van der Waals surface area contributed by atoms with Crippen molar-refractivity contribution in [2.75, 3.05) is 19.8 Å². The molecule has 0 atom stereocenters. The average molecular weight is 280 g/mol. The fraction of sp³-hybridized carbons (Fsp3) is 0.533. The highest BCUT2D eigenvalue weighted by molar-refractivity contribution is 7.98. The van der Waals surface area contributed by atoms with E-state index in [2.05, 4.69) is 35.8 Å². The summed E-state index contributed by atoms with van der Waals surface area (Å²) in [5.74, 6) is 0.0655. The number of carbonyl (C=O) groups is 1. The first-order valence-electron chi connectivity index (χ1n) is 6.42. The smallest absolute Gasteiger partial charge is 0.234 e. The maximum absolute atomic E-state index is 11.8. The van der Waals surface area contributed by atoms with Gasteiger partial charge in [0.15, 0.2) is 0 Å².